The number of benzene rings is 3. The zero-order valence-corrected chi connectivity index (χ0v) is 25.5. The number of carbonyl (C=O) groups excluding carboxylic acids is 2. The maximum Gasteiger partial charge on any atom is 0.254 e. The van der Waals surface area contributed by atoms with Crippen molar-refractivity contribution in [2.24, 2.45) is 0 Å². The minimum Gasteiger partial charge on any atom is -0.329 e. The molecule has 1 unspecified atom stereocenters. The van der Waals surface area contributed by atoms with Crippen molar-refractivity contribution < 1.29 is 9.59 Å². The van der Waals surface area contributed by atoms with Crippen LogP contribution in [-0.4, -0.2) is 33.7 Å². The SMILES string of the molecule is CC1SCn2c3ccccc3c3c4c(c5c6ccccc6n1c5c32)C(=O)N([Si](C(C)C)(C(C)C)C(C)C)C4=O. The molecule has 0 spiro atoms. The predicted octanol–water partition coefficient (Wildman–Crippen LogP) is 8.90. The Bertz CT molecular complexity index is 1860. The third kappa shape index (κ3) is 2.83. The van der Waals surface area contributed by atoms with Gasteiger partial charge in [-0.05, 0) is 35.7 Å². The van der Waals surface area contributed by atoms with Crippen molar-refractivity contribution in [3.63, 3.8) is 0 Å². The molecule has 2 amide bonds. The van der Waals surface area contributed by atoms with Crippen LogP contribution in [0.4, 0.5) is 0 Å². The van der Waals surface area contributed by atoms with E-state index in [1.807, 2.05) is 22.4 Å². The summed E-state index contributed by atoms with van der Waals surface area (Å²) in [6, 6.07) is 16.8. The summed E-state index contributed by atoms with van der Waals surface area (Å²) in [4.78, 5) is 29.8. The van der Waals surface area contributed by atoms with Gasteiger partial charge in [-0.15, -0.1) is 11.8 Å². The highest BCUT2D eigenvalue weighted by Gasteiger charge is 2.57. The lowest BCUT2D eigenvalue weighted by molar-refractivity contribution is 0.0743. The molecule has 2 aromatic heterocycles. The van der Waals surface area contributed by atoms with Crippen LogP contribution >= 0.6 is 11.8 Å². The molecule has 7 rings (SSSR count). The van der Waals surface area contributed by atoms with Gasteiger partial charge in [0, 0.05) is 27.1 Å². The minimum absolute atomic E-state index is 0.0793. The van der Waals surface area contributed by atoms with Gasteiger partial charge in [0.25, 0.3) is 11.8 Å². The molecule has 39 heavy (non-hydrogen) atoms. The first-order chi connectivity index (χ1) is 18.6. The van der Waals surface area contributed by atoms with Crippen molar-refractivity contribution in [1.82, 2.24) is 13.7 Å². The molecule has 2 aliphatic rings. The van der Waals surface area contributed by atoms with Crippen molar-refractivity contribution in [1.29, 1.82) is 0 Å². The molecule has 7 heteroatoms. The van der Waals surface area contributed by atoms with Crippen molar-refractivity contribution in [2.45, 2.75) is 76.3 Å². The Hall–Kier alpha value is -3.03. The van der Waals surface area contributed by atoms with E-state index in [4.69, 9.17) is 0 Å². The molecule has 1 atom stereocenters. The predicted molar refractivity (Wildman–Crippen MR) is 166 cm³/mol. The summed E-state index contributed by atoms with van der Waals surface area (Å²) in [5.74, 6) is 0.636. The van der Waals surface area contributed by atoms with E-state index in [1.54, 1.807) is 0 Å². The maximum absolute atomic E-state index is 14.9. The number of rotatable bonds is 4. The van der Waals surface area contributed by atoms with Gasteiger partial charge in [-0.2, -0.15) is 0 Å². The van der Waals surface area contributed by atoms with Crippen molar-refractivity contribution >= 4 is 75.4 Å². The molecule has 2 aliphatic heterocycles. The molecule has 0 saturated carbocycles. The van der Waals surface area contributed by atoms with Crippen LogP contribution in [0.2, 0.25) is 16.6 Å². The molecule has 200 valence electrons. The normalized spacial score (nSPS) is 17.9. The molecule has 3 aromatic carbocycles. The third-order valence-corrected chi connectivity index (χ3v) is 17.5. The summed E-state index contributed by atoms with van der Waals surface area (Å²) >= 11 is 1.89. The summed E-state index contributed by atoms with van der Waals surface area (Å²) < 4.78 is 6.62. The molecule has 0 radical (unpaired) electrons. The fourth-order valence-corrected chi connectivity index (χ4v) is 15.9. The molecule has 5 aromatic rings. The van der Waals surface area contributed by atoms with E-state index < -0.39 is 8.24 Å². The standard InChI is InChI=1S/C32H35N3O2SSi/c1-17(2)39(18(3)4,19(5)6)35-31(36)27-25-21-12-8-10-14-23(21)33-16-38-20(7)34-24-15-11-9-13-22(24)26(28(27)32(35)37)30(34)29(25)33/h8-15,17-20H,16H2,1-7H3. The van der Waals surface area contributed by atoms with Crippen LogP contribution < -0.4 is 0 Å². The zero-order chi connectivity index (χ0) is 27.5. The van der Waals surface area contributed by atoms with Crippen molar-refractivity contribution in [3.05, 3.63) is 59.7 Å². The molecule has 0 fully saturated rings. The highest BCUT2D eigenvalue weighted by molar-refractivity contribution is 7.98. The number of imide groups is 1. The molecule has 4 heterocycles. The number of nitrogens with zero attached hydrogens (tertiary/aromatic N) is 3. The van der Waals surface area contributed by atoms with E-state index in [-0.39, 0.29) is 33.8 Å². The Morgan fingerprint density at radius 2 is 1.23 bits per heavy atom. The average Bonchev–Trinajstić information content (AvgIpc) is 3.45. The number of carbonyl (C=O) groups is 2. The quantitative estimate of drug-likeness (QED) is 0.165. The first-order valence-corrected chi connectivity index (χ1v) is 17.4. The first-order valence-electron chi connectivity index (χ1n) is 14.1. The largest absolute Gasteiger partial charge is 0.329 e. The van der Waals surface area contributed by atoms with Crippen molar-refractivity contribution in [3.8, 4) is 0 Å². The number of hydrogen-bond acceptors (Lipinski definition) is 3. The lowest BCUT2D eigenvalue weighted by atomic mass is 9.96. The highest BCUT2D eigenvalue weighted by atomic mass is 32.2. The highest BCUT2D eigenvalue weighted by Crippen LogP contribution is 2.53. The molecule has 0 aliphatic carbocycles. The van der Waals surface area contributed by atoms with Gasteiger partial charge >= 0.3 is 0 Å². The number of hydrogen-bond donors (Lipinski definition) is 0. The van der Waals surface area contributed by atoms with Gasteiger partial charge in [0.05, 0.1) is 38.9 Å². The Morgan fingerprint density at radius 1 is 0.744 bits per heavy atom. The Labute approximate surface area is 234 Å². The number of amides is 2. The Balaban J connectivity index is 1.75. The van der Waals surface area contributed by atoms with E-state index in [0.717, 1.165) is 49.5 Å². The number of thioether (sulfide) groups is 1. The molecule has 5 nitrogen and oxygen atoms in total. The van der Waals surface area contributed by atoms with E-state index in [9.17, 15) is 9.59 Å². The first kappa shape index (κ1) is 25.0. The van der Waals surface area contributed by atoms with Crippen LogP contribution in [0.25, 0.3) is 43.6 Å². The molecular formula is C32H35N3O2SSi. The summed E-state index contributed by atoms with van der Waals surface area (Å²) in [6.45, 7) is 15.6. The van der Waals surface area contributed by atoms with E-state index in [2.05, 4.69) is 100 Å². The van der Waals surface area contributed by atoms with Crippen LogP contribution in [0, 0.1) is 0 Å². The second-order valence-corrected chi connectivity index (χ2v) is 19.2. The molecule has 0 bridgehead atoms. The Kier molecular flexibility index (Phi) is 5.28. The van der Waals surface area contributed by atoms with Gasteiger partial charge in [-0.1, -0.05) is 77.9 Å². The second-order valence-electron chi connectivity index (χ2n) is 12.2. The van der Waals surface area contributed by atoms with E-state index in [1.165, 1.54) is 0 Å². The van der Waals surface area contributed by atoms with Crippen LogP contribution in [0.3, 0.4) is 0 Å². The smallest absolute Gasteiger partial charge is 0.254 e. The maximum atomic E-state index is 14.9. The molecule has 0 saturated heterocycles. The van der Waals surface area contributed by atoms with E-state index >= 15 is 0 Å². The van der Waals surface area contributed by atoms with Crippen molar-refractivity contribution in [2.75, 3.05) is 0 Å². The summed E-state index contributed by atoms with van der Waals surface area (Å²) in [7, 11) is -2.61. The van der Waals surface area contributed by atoms with Gasteiger partial charge in [0.2, 0.25) is 0 Å². The topological polar surface area (TPSA) is 47.2 Å². The number of para-hydroxylation sites is 2. The average molecular weight is 554 g/mol. The van der Waals surface area contributed by atoms with Crippen LogP contribution in [0.1, 0.15) is 74.6 Å². The van der Waals surface area contributed by atoms with Crippen LogP contribution in [0.5, 0.6) is 0 Å². The summed E-state index contributed by atoms with van der Waals surface area (Å²) in [6.07, 6.45) is 0. The third-order valence-electron chi connectivity index (χ3n) is 9.66. The molecule has 0 N–H and O–H groups in total. The molecular weight excluding hydrogens is 519 g/mol. The lowest BCUT2D eigenvalue weighted by Gasteiger charge is -2.48. The summed E-state index contributed by atoms with van der Waals surface area (Å²) in [5, 5.41) is 4.21. The van der Waals surface area contributed by atoms with Gasteiger partial charge in [-0.3, -0.25) is 9.59 Å². The lowest BCUT2D eigenvalue weighted by Crippen LogP contribution is -2.62. The Morgan fingerprint density at radius 3 is 1.79 bits per heavy atom. The summed E-state index contributed by atoms with van der Waals surface area (Å²) in [5.41, 5.74) is 6.40. The zero-order valence-electron chi connectivity index (χ0n) is 23.7. The number of fused-ring (bicyclic) bond motifs is 9. The monoisotopic (exact) mass is 553 g/mol. The van der Waals surface area contributed by atoms with E-state index in [0.29, 0.717) is 11.1 Å². The number of aromatic nitrogens is 2. The van der Waals surface area contributed by atoms with Gasteiger partial charge in [0.1, 0.15) is 0 Å². The van der Waals surface area contributed by atoms with Gasteiger partial charge in [-0.25, -0.2) is 0 Å². The van der Waals surface area contributed by atoms with Crippen LogP contribution in [0.15, 0.2) is 48.5 Å². The fourth-order valence-electron chi connectivity index (χ4n) is 8.44. The second kappa shape index (κ2) is 8.24. The van der Waals surface area contributed by atoms with Crippen LogP contribution in [-0.2, 0) is 5.88 Å². The minimum atomic E-state index is -2.61. The van der Waals surface area contributed by atoms with Gasteiger partial charge < -0.3 is 13.7 Å². The fraction of sp³-hybridized carbons (Fsp3) is 0.375. The van der Waals surface area contributed by atoms with Gasteiger partial charge in [0.15, 0.2) is 8.24 Å².